The molecule has 1 fully saturated rings. The van der Waals surface area contributed by atoms with Gasteiger partial charge >= 0.3 is 0 Å². The number of nitrogens with zero attached hydrogens (tertiary/aromatic N) is 3. The standard InChI is InChI=1S/C14H21N3S2Si/c1-20(2,3)10-19-14-16-15-13(17(14)11-6-7-11)9-12-5-4-8-18-12/h4-5,8,11H,6-7,9-10H2,1-3H3. The summed E-state index contributed by atoms with van der Waals surface area (Å²) in [5, 5.41) is 13.4. The minimum atomic E-state index is -1.05. The average Bonchev–Trinajstić information content (AvgIpc) is 2.93. The SMILES string of the molecule is C[Si](C)(C)CSc1nnc(Cc2cccs2)n1C1CC1. The third-order valence-electron chi connectivity index (χ3n) is 3.19. The lowest BCUT2D eigenvalue weighted by atomic mass is 10.3. The van der Waals surface area contributed by atoms with E-state index >= 15 is 0 Å². The minimum absolute atomic E-state index is 0.657. The van der Waals surface area contributed by atoms with Crippen LogP contribution in [-0.2, 0) is 6.42 Å². The fraction of sp³-hybridized carbons (Fsp3) is 0.571. The lowest BCUT2D eigenvalue weighted by molar-refractivity contribution is 0.635. The summed E-state index contributed by atoms with van der Waals surface area (Å²) in [5.74, 6) is 1.15. The molecular weight excluding hydrogens is 302 g/mol. The molecule has 0 bridgehead atoms. The van der Waals surface area contributed by atoms with Gasteiger partial charge in [-0.3, -0.25) is 0 Å². The number of thiophene rings is 1. The molecule has 0 aromatic carbocycles. The minimum Gasteiger partial charge on any atom is -0.303 e. The first-order chi connectivity index (χ1) is 9.53. The Balaban J connectivity index is 1.79. The Kier molecular flexibility index (Phi) is 4.06. The topological polar surface area (TPSA) is 30.7 Å². The zero-order chi connectivity index (χ0) is 14.2. The van der Waals surface area contributed by atoms with Crippen LogP contribution in [0, 0.1) is 0 Å². The molecule has 0 saturated heterocycles. The highest BCUT2D eigenvalue weighted by Gasteiger charge is 2.30. The molecule has 0 spiro atoms. The van der Waals surface area contributed by atoms with Crippen LogP contribution in [-0.4, -0.2) is 28.2 Å². The van der Waals surface area contributed by atoms with E-state index in [-0.39, 0.29) is 0 Å². The van der Waals surface area contributed by atoms with Crippen LogP contribution >= 0.6 is 23.1 Å². The quantitative estimate of drug-likeness (QED) is 0.588. The second-order valence-corrected chi connectivity index (χ2v) is 14.6. The van der Waals surface area contributed by atoms with Crippen molar-refractivity contribution in [2.24, 2.45) is 0 Å². The van der Waals surface area contributed by atoms with Crippen molar-refractivity contribution in [1.82, 2.24) is 14.8 Å². The van der Waals surface area contributed by atoms with Gasteiger partial charge in [0, 0.05) is 17.3 Å². The maximum atomic E-state index is 4.47. The lowest BCUT2D eigenvalue weighted by Gasteiger charge is -2.15. The maximum Gasteiger partial charge on any atom is 0.191 e. The zero-order valence-electron chi connectivity index (χ0n) is 12.3. The third-order valence-corrected chi connectivity index (χ3v) is 8.65. The fourth-order valence-corrected chi connectivity index (χ4v) is 5.52. The van der Waals surface area contributed by atoms with Crippen molar-refractivity contribution in [3.63, 3.8) is 0 Å². The summed E-state index contributed by atoms with van der Waals surface area (Å²) < 4.78 is 2.41. The maximum absolute atomic E-state index is 4.47. The van der Waals surface area contributed by atoms with Gasteiger partial charge in [0.05, 0.1) is 8.07 Å². The molecule has 2 aromatic heterocycles. The summed E-state index contributed by atoms with van der Waals surface area (Å²) in [4.78, 5) is 1.38. The summed E-state index contributed by atoms with van der Waals surface area (Å²) in [5.41, 5.74) is 0. The number of aromatic nitrogens is 3. The van der Waals surface area contributed by atoms with Crippen LogP contribution in [0.1, 0.15) is 29.6 Å². The molecule has 0 unspecified atom stereocenters. The Morgan fingerprint density at radius 1 is 1.35 bits per heavy atom. The van der Waals surface area contributed by atoms with Gasteiger partial charge in [0.1, 0.15) is 5.82 Å². The molecule has 1 aliphatic rings. The predicted molar refractivity (Wildman–Crippen MR) is 89.5 cm³/mol. The van der Waals surface area contributed by atoms with Crippen LogP contribution in [0.3, 0.4) is 0 Å². The molecule has 108 valence electrons. The van der Waals surface area contributed by atoms with E-state index in [0.29, 0.717) is 6.04 Å². The molecule has 0 amide bonds. The van der Waals surface area contributed by atoms with Gasteiger partial charge in [0.15, 0.2) is 5.16 Å². The van der Waals surface area contributed by atoms with Crippen LogP contribution in [0.15, 0.2) is 22.7 Å². The van der Waals surface area contributed by atoms with Crippen molar-refractivity contribution >= 4 is 31.2 Å². The molecule has 1 saturated carbocycles. The van der Waals surface area contributed by atoms with E-state index in [4.69, 9.17) is 0 Å². The molecule has 2 aromatic rings. The molecule has 0 radical (unpaired) electrons. The molecule has 3 rings (SSSR count). The number of hydrogen-bond donors (Lipinski definition) is 0. The average molecular weight is 324 g/mol. The van der Waals surface area contributed by atoms with Gasteiger partial charge in [0.25, 0.3) is 0 Å². The number of hydrogen-bond acceptors (Lipinski definition) is 4. The highest BCUT2D eigenvalue weighted by molar-refractivity contribution is 8.00. The van der Waals surface area contributed by atoms with E-state index in [1.165, 1.54) is 23.1 Å². The molecule has 0 atom stereocenters. The Morgan fingerprint density at radius 3 is 2.75 bits per heavy atom. The molecule has 0 N–H and O–H groups in total. The zero-order valence-corrected chi connectivity index (χ0v) is 14.9. The van der Waals surface area contributed by atoms with E-state index in [2.05, 4.69) is 51.9 Å². The highest BCUT2D eigenvalue weighted by atomic mass is 32.2. The van der Waals surface area contributed by atoms with Crippen molar-refractivity contribution in [2.45, 2.75) is 50.1 Å². The smallest absolute Gasteiger partial charge is 0.191 e. The molecule has 6 heteroatoms. The molecule has 1 aliphatic carbocycles. The van der Waals surface area contributed by atoms with Crippen molar-refractivity contribution < 1.29 is 0 Å². The van der Waals surface area contributed by atoms with Gasteiger partial charge in [-0.25, -0.2) is 0 Å². The summed E-state index contributed by atoms with van der Waals surface area (Å²) >= 11 is 3.71. The molecule has 3 nitrogen and oxygen atoms in total. The number of rotatable bonds is 6. The van der Waals surface area contributed by atoms with Crippen molar-refractivity contribution in [2.75, 3.05) is 5.38 Å². The summed E-state index contributed by atoms with van der Waals surface area (Å²) in [6.45, 7) is 7.22. The Bertz CT molecular complexity index is 568. The van der Waals surface area contributed by atoms with Gasteiger partial charge in [-0.1, -0.05) is 37.5 Å². The monoisotopic (exact) mass is 323 g/mol. The molecule has 0 aliphatic heterocycles. The Labute approximate surface area is 129 Å². The Hall–Kier alpha value is -0.593. The number of thioether (sulfide) groups is 1. The van der Waals surface area contributed by atoms with Crippen molar-refractivity contribution in [3.8, 4) is 0 Å². The van der Waals surface area contributed by atoms with Gasteiger partial charge in [0.2, 0.25) is 0 Å². The first-order valence-corrected chi connectivity index (χ1v) is 12.7. The van der Waals surface area contributed by atoms with Crippen LogP contribution in [0.2, 0.25) is 19.6 Å². The normalized spacial score (nSPS) is 15.8. The van der Waals surface area contributed by atoms with Gasteiger partial charge in [-0.05, 0) is 29.7 Å². The summed E-state index contributed by atoms with van der Waals surface area (Å²) in [7, 11) is -1.05. The molecular formula is C14H21N3S2Si. The third kappa shape index (κ3) is 3.54. The van der Waals surface area contributed by atoms with Crippen LogP contribution in [0.25, 0.3) is 0 Å². The van der Waals surface area contributed by atoms with Crippen molar-refractivity contribution in [1.29, 1.82) is 0 Å². The van der Waals surface area contributed by atoms with Crippen LogP contribution in [0.4, 0.5) is 0 Å². The second-order valence-electron chi connectivity index (χ2n) is 6.61. The predicted octanol–water partition coefficient (Wildman–Crippen LogP) is 4.23. The second kappa shape index (κ2) is 5.65. The van der Waals surface area contributed by atoms with E-state index in [9.17, 15) is 0 Å². The molecule has 20 heavy (non-hydrogen) atoms. The van der Waals surface area contributed by atoms with E-state index < -0.39 is 8.07 Å². The lowest BCUT2D eigenvalue weighted by Crippen LogP contribution is -2.24. The van der Waals surface area contributed by atoms with Crippen LogP contribution < -0.4 is 0 Å². The van der Waals surface area contributed by atoms with Gasteiger partial charge < -0.3 is 4.57 Å². The van der Waals surface area contributed by atoms with E-state index in [0.717, 1.165) is 17.4 Å². The summed E-state index contributed by atoms with van der Waals surface area (Å²) in [6.07, 6.45) is 3.50. The molecule has 2 heterocycles. The first-order valence-electron chi connectivity index (χ1n) is 7.12. The highest BCUT2D eigenvalue weighted by Crippen LogP contribution is 2.39. The summed E-state index contributed by atoms with van der Waals surface area (Å²) in [6, 6.07) is 4.95. The van der Waals surface area contributed by atoms with Crippen molar-refractivity contribution in [3.05, 3.63) is 28.2 Å². The van der Waals surface area contributed by atoms with E-state index in [1.54, 1.807) is 11.3 Å². The fourth-order valence-electron chi connectivity index (χ4n) is 2.08. The van der Waals surface area contributed by atoms with Gasteiger partial charge in [-0.2, -0.15) is 0 Å². The first kappa shape index (κ1) is 14.3. The van der Waals surface area contributed by atoms with E-state index in [1.807, 2.05) is 11.8 Å². The van der Waals surface area contributed by atoms with Crippen LogP contribution in [0.5, 0.6) is 0 Å². The Morgan fingerprint density at radius 2 is 2.15 bits per heavy atom. The largest absolute Gasteiger partial charge is 0.303 e. The van der Waals surface area contributed by atoms with Gasteiger partial charge in [-0.15, -0.1) is 21.5 Å².